The molecule has 4 aromatic rings. The Morgan fingerprint density at radius 2 is 1.76 bits per heavy atom. The molecule has 6 nitrogen and oxygen atoms in total. The summed E-state index contributed by atoms with van der Waals surface area (Å²) in [4.78, 5) is 21.9. The molecule has 0 radical (unpaired) electrons. The van der Waals surface area contributed by atoms with Crippen LogP contribution in [0.15, 0.2) is 60.8 Å². The lowest BCUT2D eigenvalue weighted by molar-refractivity contribution is -0.133. The number of carbonyl (C=O) groups excluding carboxylic acids is 1. The first-order valence-electron chi connectivity index (χ1n) is 11.6. The lowest BCUT2D eigenvalue weighted by Gasteiger charge is -2.34. The van der Waals surface area contributed by atoms with Crippen molar-refractivity contribution in [3.05, 3.63) is 83.4 Å². The number of fused-ring (bicyclic) bond motifs is 1. The predicted molar refractivity (Wildman–Crippen MR) is 131 cm³/mol. The molecule has 7 heteroatoms. The van der Waals surface area contributed by atoms with Gasteiger partial charge in [0.1, 0.15) is 12.4 Å². The number of piperazine rings is 1. The molecule has 5 rings (SSSR count). The Balaban J connectivity index is 1.28. The third-order valence-corrected chi connectivity index (χ3v) is 6.47. The topological polar surface area (TPSA) is 54.3 Å². The van der Waals surface area contributed by atoms with Crippen LogP contribution in [-0.2, 0) is 17.9 Å². The number of carbonyl (C=O) groups is 1. The van der Waals surface area contributed by atoms with Gasteiger partial charge in [0.2, 0.25) is 5.91 Å². The van der Waals surface area contributed by atoms with Crippen LogP contribution < -0.4 is 0 Å². The second-order valence-corrected chi connectivity index (χ2v) is 8.95. The molecule has 174 valence electrons. The van der Waals surface area contributed by atoms with E-state index in [-0.39, 0.29) is 18.3 Å². The number of pyridine rings is 1. The van der Waals surface area contributed by atoms with E-state index in [4.69, 9.17) is 0 Å². The van der Waals surface area contributed by atoms with E-state index in [0.717, 1.165) is 53.1 Å². The van der Waals surface area contributed by atoms with Gasteiger partial charge in [0, 0.05) is 44.3 Å². The molecule has 1 amide bonds. The monoisotopic (exact) mass is 457 g/mol. The van der Waals surface area contributed by atoms with E-state index in [1.165, 1.54) is 17.7 Å². The number of amides is 1. The van der Waals surface area contributed by atoms with Crippen LogP contribution in [0.4, 0.5) is 4.39 Å². The maximum absolute atomic E-state index is 13.1. The minimum Gasteiger partial charge on any atom is -0.339 e. The summed E-state index contributed by atoms with van der Waals surface area (Å²) >= 11 is 0. The number of aryl methyl sites for hydroxylation is 2. The minimum absolute atomic E-state index is 0.0496. The molecule has 0 unspecified atom stereocenters. The number of hydrogen-bond donors (Lipinski definition) is 0. The van der Waals surface area contributed by atoms with Gasteiger partial charge in [-0.3, -0.25) is 9.69 Å². The molecule has 0 aliphatic carbocycles. The van der Waals surface area contributed by atoms with Crippen molar-refractivity contribution in [1.29, 1.82) is 0 Å². The van der Waals surface area contributed by atoms with Crippen LogP contribution >= 0.6 is 0 Å². The van der Waals surface area contributed by atoms with Crippen molar-refractivity contribution in [2.24, 2.45) is 0 Å². The summed E-state index contributed by atoms with van der Waals surface area (Å²) in [7, 11) is 0. The largest absolute Gasteiger partial charge is 0.339 e. The van der Waals surface area contributed by atoms with Crippen LogP contribution in [0, 0.1) is 19.7 Å². The summed E-state index contributed by atoms with van der Waals surface area (Å²) in [5, 5.41) is 5.67. The first-order valence-corrected chi connectivity index (χ1v) is 11.6. The van der Waals surface area contributed by atoms with Gasteiger partial charge in [-0.25, -0.2) is 14.1 Å². The van der Waals surface area contributed by atoms with Gasteiger partial charge in [-0.1, -0.05) is 42.0 Å². The standard InChI is InChI=1S/C27H28FN5O/c1-19-4-3-5-22(16-19)24-10-11-29-27-26(24)20(2)30-33(27)18-25(34)32-14-12-31(13-15-32)17-21-6-8-23(28)9-7-21/h3-11,16H,12-15,17-18H2,1-2H3. The van der Waals surface area contributed by atoms with Crippen LogP contribution in [0.2, 0.25) is 0 Å². The van der Waals surface area contributed by atoms with Gasteiger partial charge in [0.05, 0.1) is 5.69 Å². The zero-order chi connectivity index (χ0) is 23.7. The summed E-state index contributed by atoms with van der Waals surface area (Å²) < 4.78 is 14.9. The van der Waals surface area contributed by atoms with Crippen LogP contribution in [0.25, 0.3) is 22.2 Å². The third kappa shape index (κ3) is 4.56. The maximum atomic E-state index is 13.1. The average molecular weight is 458 g/mol. The van der Waals surface area contributed by atoms with Gasteiger partial charge in [-0.15, -0.1) is 0 Å². The van der Waals surface area contributed by atoms with E-state index in [0.29, 0.717) is 13.1 Å². The second-order valence-electron chi connectivity index (χ2n) is 8.95. The zero-order valence-corrected chi connectivity index (χ0v) is 19.5. The molecule has 1 aliphatic heterocycles. The Hall–Kier alpha value is -3.58. The SMILES string of the molecule is Cc1cccc(-c2ccnc3c2c(C)nn3CC(=O)N2CCN(Cc3ccc(F)cc3)CC2)c1. The highest BCUT2D eigenvalue weighted by molar-refractivity contribution is 5.95. The molecule has 0 N–H and O–H groups in total. The van der Waals surface area contributed by atoms with Gasteiger partial charge in [-0.05, 0) is 48.7 Å². The van der Waals surface area contributed by atoms with E-state index in [1.807, 2.05) is 30.0 Å². The van der Waals surface area contributed by atoms with Crippen LogP contribution in [-0.4, -0.2) is 56.7 Å². The molecule has 0 saturated carbocycles. The number of benzene rings is 2. The zero-order valence-electron chi connectivity index (χ0n) is 19.5. The Morgan fingerprint density at radius 3 is 2.50 bits per heavy atom. The summed E-state index contributed by atoms with van der Waals surface area (Å²) in [5.74, 6) is -0.172. The fraction of sp³-hybridized carbons (Fsp3) is 0.296. The van der Waals surface area contributed by atoms with Gasteiger partial charge in [0.15, 0.2) is 5.65 Å². The molecule has 1 saturated heterocycles. The molecule has 2 aromatic heterocycles. The van der Waals surface area contributed by atoms with Crippen molar-refractivity contribution in [3.63, 3.8) is 0 Å². The van der Waals surface area contributed by atoms with E-state index in [1.54, 1.807) is 10.9 Å². The molecule has 0 bridgehead atoms. The van der Waals surface area contributed by atoms with Gasteiger partial charge >= 0.3 is 0 Å². The van der Waals surface area contributed by atoms with Crippen molar-refractivity contribution in [2.75, 3.05) is 26.2 Å². The average Bonchev–Trinajstić information content (AvgIpc) is 3.16. The van der Waals surface area contributed by atoms with Crippen molar-refractivity contribution < 1.29 is 9.18 Å². The maximum Gasteiger partial charge on any atom is 0.244 e. The predicted octanol–water partition coefficient (Wildman–Crippen LogP) is 4.20. The normalized spacial score (nSPS) is 14.6. The second kappa shape index (κ2) is 9.35. The van der Waals surface area contributed by atoms with Gasteiger partial charge < -0.3 is 4.90 Å². The molecule has 1 fully saturated rings. The summed E-state index contributed by atoms with van der Waals surface area (Å²) in [6, 6.07) is 17.0. The highest BCUT2D eigenvalue weighted by Crippen LogP contribution is 2.30. The molecule has 34 heavy (non-hydrogen) atoms. The molecule has 0 spiro atoms. The molecular weight excluding hydrogens is 429 g/mol. The van der Waals surface area contributed by atoms with Crippen molar-refractivity contribution >= 4 is 16.9 Å². The Bertz CT molecular complexity index is 1320. The fourth-order valence-corrected chi connectivity index (χ4v) is 4.68. The molecule has 2 aromatic carbocycles. The lowest BCUT2D eigenvalue weighted by Crippen LogP contribution is -2.49. The first-order chi connectivity index (χ1) is 16.5. The van der Waals surface area contributed by atoms with Gasteiger partial charge in [-0.2, -0.15) is 5.10 Å². The first kappa shape index (κ1) is 22.2. The highest BCUT2D eigenvalue weighted by atomic mass is 19.1. The van der Waals surface area contributed by atoms with Crippen molar-refractivity contribution in [2.45, 2.75) is 26.9 Å². The number of nitrogens with zero attached hydrogens (tertiary/aromatic N) is 5. The van der Waals surface area contributed by atoms with Crippen LogP contribution in [0.5, 0.6) is 0 Å². The summed E-state index contributed by atoms with van der Waals surface area (Å²) in [6.07, 6.45) is 1.79. The van der Waals surface area contributed by atoms with Crippen molar-refractivity contribution in [3.8, 4) is 11.1 Å². The number of halogens is 1. The highest BCUT2D eigenvalue weighted by Gasteiger charge is 2.23. The van der Waals surface area contributed by atoms with E-state index in [2.05, 4.69) is 46.2 Å². The summed E-state index contributed by atoms with van der Waals surface area (Å²) in [6.45, 7) is 7.90. The molecule has 3 heterocycles. The number of rotatable bonds is 5. The molecule has 0 atom stereocenters. The molecule has 1 aliphatic rings. The van der Waals surface area contributed by atoms with Crippen LogP contribution in [0.3, 0.4) is 0 Å². The number of aromatic nitrogens is 3. The smallest absolute Gasteiger partial charge is 0.244 e. The van der Waals surface area contributed by atoms with E-state index in [9.17, 15) is 9.18 Å². The third-order valence-electron chi connectivity index (χ3n) is 6.47. The lowest BCUT2D eigenvalue weighted by atomic mass is 10.0. The number of hydrogen-bond acceptors (Lipinski definition) is 4. The quantitative estimate of drug-likeness (QED) is 0.451. The van der Waals surface area contributed by atoms with E-state index >= 15 is 0 Å². The van der Waals surface area contributed by atoms with Crippen molar-refractivity contribution in [1.82, 2.24) is 24.6 Å². The fourth-order valence-electron chi connectivity index (χ4n) is 4.68. The Morgan fingerprint density at radius 1 is 1.00 bits per heavy atom. The summed E-state index contributed by atoms with van der Waals surface area (Å²) in [5.41, 5.74) is 6.09. The Labute approximate surface area is 198 Å². The molecular formula is C27H28FN5O. The van der Waals surface area contributed by atoms with Crippen LogP contribution in [0.1, 0.15) is 16.8 Å². The Kier molecular flexibility index (Phi) is 6.11. The van der Waals surface area contributed by atoms with E-state index < -0.39 is 0 Å². The van der Waals surface area contributed by atoms with Gasteiger partial charge in [0.25, 0.3) is 0 Å². The minimum atomic E-state index is -0.221.